The highest BCUT2D eigenvalue weighted by atomic mass is 16.5. The standard InChI is InChI=1S/C22H29N3O3/c1-3-7-21(23)22(26)25-11-6-4-5-8-17-14-19(27-2)16-20(15-17)28-18-9-12-24-13-10-18/h1,14-16,18,21,24H,4,6-7,9-13,23H2,2H3,(H,25,26). The number of nitrogens with two attached hydrogens (primary N) is 1. The van der Waals surface area contributed by atoms with Crippen molar-refractivity contribution in [3.05, 3.63) is 23.8 Å². The summed E-state index contributed by atoms with van der Waals surface area (Å²) in [5.74, 6) is 9.94. The number of amides is 1. The molecule has 1 aliphatic heterocycles. The predicted molar refractivity (Wildman–Crippen MR) is 110 cm³/mol. The second kappa shape index (κ2) is 11.9. The summed E-state index contributed by atoms with van der Waals surface area (Å²) in [4.78, 5) is 11.7. The number of carbonyl (C=O) groups is 1. The van der Waals surface area contributed by atoms with E-state index in [9.17, 15) is 4.79 Å². The number of carbonyl (C=O) groups excluding carboxylic acids is 1. The van der Waals surface area contributed by atoms with Gasteiger partial charge in [-0.15, -0.1) is 12.3 Å². The third-order valence-electron chi connectivity index (χ3n) is 4.39. The fraction of sp³-hybridized carbons (Fsp3) is 0.500. The average molecular weight is 383 g/mol. The number of benzene rings is 1. The summed E-state index contributed by atoms with van der Waals surface area (Å²) < 4.78 is 11.5. The number of rotatable bonds is 8. The monoisotopic (exact) mass is 383 g/mol. The summed E-state index contributed by atoms with van der Waals surface area (Å²) in [6.07, 6.45) is 9.00. The van der Waals surface area contributed by atoms with E-state index >= 15 is 0 Å². The number of nitrogens with one attached hydrogen (secondary N) is 2. The summed E-state index contributed by atoms with van der Waals surface area (Å²) in [6.45, 7) is 2.48. The maximum Gasteiger partial charge on any atom is 0.237 e. The molecular weight excluding hydrogens is 354 g/mol. The molecule has 150 valence electrons. The second-order valence-electron chi connectivity index (χ2n) is 6.68. The predicted octanol–water partition coefficient (Wildman–Crippen LogP) is 1.42. The molecule has 6 heteroatoms. The van der Waals surface area contributed by atoms with Gasteiger partial charge in [-0.1, -0.05) is 11.8 Å². The smallest absolute Gasteiger partial charge is 0.237 e. The minimum atomic E-state index is -0.647. The van der Waals surface area contributed by atoms with Crippen LogP contribution in [0.3, 0.4) is 0 Å². The fourth-order valence-electron chi connectivity index (χ4n) is 2.84. The number of methoxy groups -OCH3 is 1. The van der Waals surface area contributed by atoms with Crippen molar-refractivity contribution in [3.63, 3.8) is 0 Å². The molecule has 1 saturated heterocycles. The first-order valence-corrected chi connectivity index (χ1v) is 9.64. The van der Waals surface area contributed by atoms with E-state index < -0.39 is 6.04 Å². The topological polar surface area (TPSA) is 85.6 Å². The molecule has 28 heavy (non-hydrogen) atoms. The Morgan fingerprint density at radius 3 is 2.82 bits per heavy atom. The lowest BCUT2D eigenvalue weighted by molar-refractivity contribution is -0.122. The van der Waals surface area contributed by atoms with Gasteiger partial charge in [0, 0.05) is 31.0 Å². The van der Waals surface area contributed by atoms with E-state index in [1.54, 1.807) is 7.11 Å². The van der Waals surface area contributed by atoms with Crippen molar-refractivity contribution >= 4 is 5.91 Å². The summed E-state index contributed by atoms with van der Waals surface area (Å²) in [5.41, 5.74) is 6.49. The molecule has 1 heterocycles. The van der Waals surface area contributed by atoms with Crippen LogP contribution in [-0.4, -0.2) is 44.8 Å². The molecule has 0 aromatic heterocycles. The SMILES string of the molecule is C#CCC(N)C(=O)NCCCC#Cc1cc(OC)cc(OC2CCNCC2)c1. The molecule has 1 aromatic carbocycles. The summed E-state index contributed by atoms with van der Waals surface area (Å²) in [5, 5.41) is 6.10. The van der Waals surface area contributed by atoms with Gasteiger partial charge in [0.2, 0.25) is 5.91 Å². The first-order chi connectivity index (χ1) is 13.6. The van der Waals surface area contributed by atoms with E-state index in [4.69, 9.17) is 21.6 Å². The highest BCUT2D eigenvalue weighted by Crippen LogP contribution is 2.24. The van der Waals surface area contributed by atoms with Gasteiger partial charge in [-0.3, -0.25) is 4.79 Å². The molecule has 0 radical (unpaired) electrons. The van der Waals surface area contributed by atoms with Crippen LogP contribution in [0.15, 0.2) is 18.2 Å². The van der Waals surface area contributed by atoms with E-state index in [-0.39, 0.29) is 18.4 Å². The summed E-state index contributed by atoms with van der Waals surface area (Å²) in [7, 11) is 1.63. The van der Waals surface area contributed by atoms with Crippen molar-refractivity contribution in [1.82, 2.24) is 10.6 Å². The van der Waals surface area contributed by atoms with Gasteiger partial charge < -0.3 is 25.8 Å². The molecule has 1 atom stereocenters. The molecule has 0 bridgehead atoms. The zero-order valence-electron chi connectivity index (χ0n) is 16.4. The Bertz CT molecular complexity index is 740. The Balaban J connectivity index is 1.83. The number of unbranched alkanes of at least 4 members (excludes halogenated alkanes) is 1. The molecule has 6 nitrogen and oxygen atoms in total. The van der Waals surface area contributed by atoms with Gasteiger partial charge in [-0.25, -0.2) is 0 Å². The Morgan fingerprint density at radius 1 is 1.36 bits per heavy atom. The van der Waals surface area contributed by atoms with Crippen molar-refractivity contribution in [2.45, 2.75) is 44.2 Å². The van der Waals surface area contributed by atoms with Crippen molar-refractivity contribution in [3.8, 4) is 35.7 Å². The van der Waals surface area contributed by atoms with E-state index in [0.29, 0.717) is 13.0 Å². The molecule has 1 unspecified atom stereocenters. The number of terminal acetylenes is 1. The molecule has 0 saturated carbocycles. The zero-order valence-corrected chi connectivity index (χ0v) is 16.4. The maximum absolute atomic E-state index is 11.7. The Kier molecular flexibility index (Phi) is 9.21. The van der Waals surface area contributed by atoms with Gasteiger partial charge in [0.05, 0.1) is 13.2 Å². The van der Waals surface area contributed by atoms with Crippen LogP contribution in [0.25, 0.3) is 0 Å². The van der Waals surface area contributed by atoms with Gasteiger partial charge in [0.25, 0.3) is 0 Å². The first-order valence-electron chi connectivity index (χ1n) is 9.64. The third-order valence-corrected chi connectivity index (χ3v) is 4.39. The molecule has 1 fully saturated rings. The molecule has 0 spiro atoms. The van der Waals surface area contributed by atoms with Crippen LogP contribution >= 0.6 is 0 Å². The normalized spacial score (nSPS) is 14.9. The quantitative estimate of drug-likeness (QED) is 0.467. The van der Waals surface area contributed by atoms with Crippen LogP contribution in [0, 0.1) is 24.2 Å². The van der Waals surface area contributed by atoms with Gasteiger partial charge >= 0.3 is 0 Å². The van der Waals surface area contributed by atoms with Crippen LogP contribution in [0.4, 0.5) is 0 Å². The zero-order chi connectivity index (χ0) is 20.2. The molecule has 1 aromatic rings. The van der Waals surface area contributed by atoms with Gasteiger partial charge in [-0.05, 0) is 44.5 Å². The largest absolute Gasteiger partial charge is 0.497 e. The van der Waals surface area contributed by atoms with Crippen molar-refractivity contribution in [2.75, 3.05) is 26.7 Å². The summed E-state index contributed by atoms with van der Waals surface area (Å²) in [6, 6.07) is 5.08. The molecule has 4 N–H and O–H groups in total. The number of piperidine rings is 1. The molecule has 2 rings (SSSR count). The van der Waals surface area contributed by atoms with E-state index in [1.807, 2.05) is 18.2 Å². The average Bonchev–Trinajstić information content (AvgIpc) is 2.71. The van der Waals surface area contributed by atoms with Crippen LogP contribution in [-0.2, 0) is 4.79 Å². The van der Waals surface area contributed by atoms with Gasteiger partial charge in [-0.2, -0.15) is 0 Å². The maximum atomic E-state index is 11.7. The second-order valence-corrected chi connectivity index (χ2v) is 6.68. The molecule has 0 aliphatic carbocycles. The Labute approximate surface area is 167 Å². The number of ether oxygens (including phenoxy) is 2. The Hall–Kier alpha value is -2.67. The minimum Gasteiger partial charge on any atom is -0.497 e. The van der Waals surface area contributed by atoms with E-state index in [0.717, 1.165) is 49.4 Å². The molecule has 1 amide bonds. The molecular formula is C22H29N3O3. The minimum absolute atomic E-state index is 0.221. The number of hydrogen-bond donors (Lipinski definition) is 3. The molecule has 1 aliphatic rings. The lowest BCUT2D eigenvalue weighted by Crippen LogP contribution is -2.40. The Morgan fingerprint density at radius 2 is 2.11 bits per heavy atom. The lowest BCUT2D eigenvalue weighted by atomic mass is 10.1. The van der Waals surface area contributed by atoms with Crippen LogP contribution < -0.4 is 25.8 Å². The van der Waals surface area contributed by atoms with E-state index in [1.165, 1.54) is 0 Å². The lowest BCUT2D eigenvalue weighted by Gasteiger charge is -2.24. The van der Waals surface area contributed by atoms with Crippen molar-refractivity contribution < 1.29 is 14.3 Å². The summed E-state index contributed by atoms with van der Waals surface area (Å²) >= 11 is 0. The van der Waals surface area contributed by atoms with Gasteiger partial charge in [0.15, 0.2) is 0 Å². The highest BCUT2D eigenvalue weighted by Gasteiger charge is 2.15. The van der Waals surface area contributed by atoms with Crippen LogP contribution in [0.5, 0.6) is 11.5 Å². The first kappa shape index (κ1) is 21.6. The van der Waals surface area contributed by atoms with E-state index in [2.05, 4.69) is 28.4 Å². The van der Waals surface area contributed by atoms with Crippen LogP contribution in [0.2, 0.25) is 0 Å². The van der Waals surface area contributed by atoms with Crippen LogP contribution in [0.1, 0.15) is 37.7 Å². The van der Waals surface area contributed by atoms with Crippen molar-refractivity contribution in [1.29, 1.82) is 0 Å². The highest BCUT2D eigenvalue weighted by molar-refractivity contribution is 5.81. The third kappa shape index (κ3) is 7.52. The van der Waals surface area contributed by atoms with Gasteiger partial charge in [0.1, 0.15) is 17.6 Å². The number of hydrogen-bond acceptors (Lipinski definition) is 5. The van der Waals surface area contributed by atoms with Crippen molar-refractivity contribution in [2.24, 2.45) is 5.73 Å². The fourth-order valence-corrected chi connectivity index (χ4v) is 2.84.